The first-order chi connectivity index (χ1) is 9.37. The average Bonchev–Trinajstić information content (AvgIpc) is 2.98. The molecule has 0 unspecified atom stereocenters. The molecule has 2 aliphatic carbocycles. The van der Waals surface area contributed by atoms with E-state index in [-0.39, 0.29) is 5.41 Å². The predicted molar refractivity (Wildman–Crippen MR) is 78.7 cm³/mol. The van der Waals surface area contributed by atoms with Gasteiger partial charge < -0.3 is 5.32 Å². The van der Waals surface area contributed by atoms with Gasteiger partial charge in [-0.05, 0) is 35.2 Å². The van der Waals surface area contributed by atoms with Crippen LogP contribution in [0.5, 0.6) is 0 Å². The minimum atomic E-state index is 0.216. The maximum atomic E-state index is 3.59. The largest absolute Gasteiger partial charge is 0.316 e. The van der Waals surface area contributed by atoms with Crippen LogP contribution in [0.25, 0.3) is 0 Å². The molecule has 0 atom stereocenters. The normalized spacial score (nSPS) is 26.3. The molecule has 0 fully saturated rings. The van der Waals surface area contributed by atoms with E-state index in [0.717, 1.165) is 13.1 Å². The van der Waals surface area contributed by atoms with Gasteiger partial charge in [-0.1, -0.05) is 55.5 Å². The van der Waals surface area contributed by atoms with Gasteiger partial charge in [0, 0.05) is 17.9 Å². The molecule has 4 rings (SSSR count). The smallest absolute Gasteiger partial charge is 0.0342 e. The Balaban J connectivity index is 1.94. The molecule has 0 aliphatic heterocycles. The number of hydrogen-bond acceptors (Lipinski definition) is 1. The molecule has 2 aromatic carbocycles. The predicted octanol–water partition coefficient (Wildman–Crippen LogP) is 3.43. The minimum Gasteiger partial charge on any atom is -0.316 e. The molecule has 1 heteroatoms. The van der Waals surface area contributed by atoms with Crippen molar-refractivity contribution in [3.05, 3.63) is 70.8 Å². The standard InChI is InChI=1S/C18H19N/c1-2-19-12-18-11-15(13-7-3-5-9-16(13)18)14-8-4-6-10-17(14)18/h3-10,15,19H,2,11-12H2,1H3. The van der Waals surface area contributed by atoms with Crippen LogP contribution < -0.4 is 5.32 Å². The highest BCUT2D eigenvalue weighted by atomic mass is 14.9. The van der Waals surface area contributed by atoms with E-state index in [1.165, 1.54) is 6.42 Å². The SMILES string of the molecule is CCNCC12CC(c3ccccc31)c1ccccc12. The van der Waals surface area contributed by atoms with E-state index in [4.69, 9.17) is 0 Å². The lowest BCUT2D eigenvalue weighted by Crippen LogP contribution is -2.36. The number of rotatable bonds is 3. The molecule has 0 heterocycles. The van der Waals surface area contributed by atoms with Gasteiger partial charge >= 0.3 is 0 Å². The van der Waals surface area contributed by atoms with Crippen molar-refractivity contribution in [2.24, 2.45) is 0 Å². The summed E-state index contributed by atoms with van der Waals surface area (Å²) in [4.78, 5) is 0. The second-order valence-electron chi connectivity index (χ2n) is 5.79. The average molecular weight is 249 g/mol. The summed E-state index contributed by atoms with van der Waals surface area (Å²) in [6, 6.07) is 18.1. The molecular weight excluding hydrogens is 230 g/mol. The van der Waals surface area contributed by atoms with E-state index in [0.29, 0.717) is 5.92 Å². The van der Waals surface area contributed by atoms with Crippen molar-refractivity contribution in [2.45, 2.75) is 24.7 Å². The van der Waals surface area contributed by atoms with Gasteiger partial charge in [-0.3, -0.25) is 0 Å². The van der Waals surface area contributed by atoms with Gasteiger partial charge in [-0.25, -0.2) is 0 Å². The summed E-state index contributed by atoms with van der Waals surface area (Å²) in [5, 5.41) is 3.59. The van der Waals surface area contributed by atoms with E-state index in [1.54, 1.807) is 22.3 Å². The van der Waals surface area contributed by atoms with Crippen LogP contribution >= 0.6 is 0 Å². The summed E-state index contributed by atoms with van der Waals surface area (Å²) < 4.78 is 0. The Kier molecular flexibility index (Phi) is 2.33. The highest BCUT2D eigenvalue weighted by Gasteiger charge is 2.51. The molecule has 1 nitrogen and oxygen atoms in total. The third-order valence-electron chi connectivity index (χ3n) is 4.93. The maximum Gasteiger partial charge on any atom is 0.0342 e. The number of hydrogen-bond donors (Lipinski definition) is 1. The fraction of sp³-hybridized carbons (Fsp3) is 0.333. The number of nitrogens with one attached hydrogen (secondary N) is 1. The van der Waals surface area contributed by atoms with Gasteiger partial charge in [0.2, 0.25) is 0 Å². The lowest BCUT2D eigenvalue weighted by atomic mass is 9.75. The topological polar surface area (TPSA) is 12.0 Å². The van der Waals surface area contributed by atoms with Crippen molar-refractivity contribution >= 4 is 0 Å². The molecule has 2 bridgehead atoms. The van der Waals surface area contributed by atoms with Gasteiger partial charge in [-0.2, -0.15) is 0 Å². The molecule has 0 amide bonds. The lowest BCUT2D eigenvalue weighted by Gasteiger charge is -2.31. The fourth-order valence-electron chi connectivity index (χ4n) is 4.18. The van der Waals surface area contributed by atoms with Crippen LogP contribution in [-0.2, 0) is 5.41 Å². The third-order valence-corrected chi connectivity index (χ3v) is 4.93. The Morgan fingerprint density at radius 2 is 1.58 bits per heavy atom. The maximum absolute atomic E-state index is 3.59. The van der Waals surface area contributed by atoms with Crippen LogP contribution in [0.2, 0.25) is 0 Å². The Bertz CT molecular complexity index is 582. The molecule has 2 aliphatic rings. The van der Waals surface area contributed by atoms with Crippen LogP contribution in [-0.4, -0.2) is 13.1 Å². The summed E-state index contributed by atoms with van der Waals surface area (Å²) in [6.07, 6.45) is 1.25. The highest BCUT2D eigenvalue weighted by molar-refractivity contribution is 5.62. The van der Waals surface area contributed by atoms with Gasteiger partial charge in [0.05, 0.1) is 0 Å². The summed E-state index contributed by atoms with van der Waals surface area (Å²) in [5.41, 5.74) is 6.44. The first-order valence-electron chi connectivity index (χ1n) is 7.26. The van der Waals surface area contributed by atoms with E-state index >= 15 is 0 Å². The second-order valence-corrected chi connectivity index (χ2v) is 5.79. The van der Waals surface area contributed by atoms with Gasteiger partial charge in [0.1, 0.15) is 0 Å². The zero-order chi connectivity index (χ0) is 12.9. The summed E-state index contributed by atoms with van der Waals surface area (Å²) in [5.74, 6) is 0.617. The number of benzene rings is 2. The highest BCUT2D eigenvalue weighted by Crippen LogP contribution is 2.59. The molecular formula is C18H19N. The molecule has 19 heavy (non-hydrogen) atoms. The first-order valence-corrected chi connectivity index (χ1v) is 7.26. The van der Waals surface area contributed by atoms with Crippen molar-refractivity contribution in [1.29, 1.82) is 0 Å². The molecule has 1 N–H and O–H groups in total. The van der Waals surface area contributed by atoms with Crippen LogP contribution in [0.3, 0.4) is 0 Å². The zero-order valence-electron chi connectivity index (χ0n) is 11.3. The minimum absolute atomic E-state index is 0.216. The third kappa shape index (κ3) is 1.34. The van der Waals surface area contributed by atoms with Crippen LogP contribution in [0.4, 0.5) is 0 Å². The monoisotopic (exact) mass is 249 g/mol. The van der Waals surface area contributed by atoms with E-state index in [9.17, 15) is 0 Å². The van der Waals surface area contributed by atoms with Crippen molar-refractivity contribution in [3.8, 4) is 0 Å². The van der Waals surface area contributed by atoms with E-state index < -0.39 is 0 Å². The van der Waals surface area contributed by atoms with Crippen molar-refractivity contribution in [1.82, 2.24) is 5.32 Å². The Morgan fingerprint density at radius 1 is 1.00 bits per heavy atom. The Hall–Kier alpha value is -1.60. The molecule has 0 saturated carbocycles. The van der Waals surface area contributed by atoms with Crippen LogP contribution in [0, 0.1) is 0 Å². The first kappa shape index (κ1) is 11.2. The van der Waals surface area contributed by atoms with E-state index in [2.05, 4.69) is 60.8 Å². The lowest BCUT2D eigenvalue weighted by molar-refractivity contribution is 0.484. The second kappa shape index (κ2) is 3.94. The molecule has 0 spiro atoms. The zero-order valence-corrected chi connectivity index (χ0v) is 11.3. The van der Waals surface area contributed by atoms with Crippen LogP contribution in [0.15, 0.2) is 48.5 Å². The summed E-state index contributed by atoms with van der Waals surface area (Å²) in [7, 11) is 0. The molecule has 2 aromatic rings. The van der Waals surface area contributed by atoms with Crippen molar-refractivity contribution < 1.29 is 0 Å². The molecule has 0 radical (unpaired) electrons. The quantitative estimate of drug-likeness (QED) is 0.878. The Morgan fingerprint density at radius 3 is 2.16 bits per heavy atom. The number of fused-ring (bicyclic) bond motifs is 8. The van der Waals surface area contributed by atoms with E-state index in [1.807, 2.05) is 0 Å². The number of likely N-dealkylation sites (N-methyl/N-ethyl adjacent to an activating group) is 1. The van der Waals surface area contributed by atoms with Gasteiger partial charge in [0.25, 0.3) is 0 Å². The molecule has 0 saturated heterocycles. The van der Waals surface area contributed by atoms with Crippen molar-refractivity contribution in [2.75, 3.05) is 13.1 Å². The van der Waals surface area contributed by atoms with Gasteiger partial charge in [-0.15, -0.1) is 0 Å². The molecule has 0 aromatic heterocycles. The fourth-order valence-corrected chi connectivity index (χ4v) is 4.18. The molecule has 96 valence electrons. The Labute approximate surface area is 114 Å². The van der Waals surface area contributed by atoms with Crippen LogP contribution in [0.1, 0.15) is 41.5 Å². The summed E-state index contributed by atoms with van der Waals surface area (Å²) in [6.45, 7) is 4.29. The summed E-state index contributed by atoms with van der Waals surface area (Å²) >= 11 is 0. The van der Waals surface area contributed by atoms with Crippen molar-refractivity contribution in [3.63, 3.8) is 0 Å². The van der Waals surface area contributed by atoms with Gasteiger partial charge in [0.15, 0.2) is 0 Å².